The van der Waals surface area contributed by atoms with Crippen LogP contribution in [0.25, 0.3) is 11.4 Å². The fraction of sp³-hybridized carbons (Fsp3) is 0.286. The lowest BCUT2D eigenvalue weighted by Crippen LogP contribution is -2.29. The third kappa shape index (κ3) is 4.44. The molecule has 6 nitrogen and oxygen atoms in total. The Bertz CT molecular complexity index is 1170. The Morgan fingerprint density at radius 3 is 2.42 bits per heavy atom. The molecule has 0 atom stereocenters. The summed E-state index contributed by atoms with van der Waals surface area (Å²) in [6.45, 7) is 3.35. The number of hydrogen-bond acceptors (Lipinski definition) is 5. The van der Waals surface area contributed by atoms with Gasteiger partial charge in [0.25, 0.3) is 0 Å². The van der Waals surface area contributed by atoms with Crippen LogP contribution in [0.4, 0.5) is 13.2 Å². The molecule has 0 N–H and O–H groups in total. The van der Waals surface area contributed by atoms with E-state index in [4.69, 9.17) is 21.1 Å². The maximum atomic E-state index is 13.6. The molecule has 10 heteroatoms. The molecule has 0 fully saturated rings. The van der Waals surface area contributed by atoms with Crippen molar-refractivity contribution in [1.82, 2.24) is 14.8 Å². The molecule has 0 unspecified atom stereocenters. The smallest absolute Gasteiger partial charge is 0.417 e. The summed E-state index contributed by atoms with van der Waals surface area (Å²) in [4.78, 5) is 0. The van der Waals surface area contributed by atoms with Crippen molar-refractivity contribution in [1.29, 1.82) is 5.26 Å². The Hall–Kier alpha value is -3.25. The highest BCUT2D eigenvalue weighted by atomic mass is 35.5. The second-order valence-corrected chi connectivity index (χ2v) is 7.62. The van der Waals surface area contributed by atoms with Crippen LogP contribution in [0.1, 0.15) is 30.8 Å². The van der Waals surface area contributed by atoms with Crippen molar-refractivity contribution in [3.63, 3.8) is 0 Å². The van der Waals surface area contributed by atoms with Crippen LogP contribution in [0, 0.1) is 11.3 Å². The molecule has 31 heavy (non-hydrogen) atoms. The third-order valence-corrected chi connectivity index (χ3v) is 4.85. The molecule has 0 bridgehead atoms. The second-order valence-electron chi connectivity index (χ2n) is 7.18. The Balaban J connectivity index is 2.05. The van der Waals surface area contributed by atoms with Crippen molar-refractivity contribution in [3.8, 4) is 29.0 Å². The van der Waals surface area contributed by atoms with E-state index in [2.05, 4.69) is 10.2 Å². The van der Waals surface area contributed by atoms with Crippen molar-refractivity contribution in [2.75, 3.05) is 7.11 Å². The Morgan fingerprint density at radius 1 is 1.10 bits per heavy atom. The van der Waals surface area contributed by atoms with Crippen LogP contribution < -0.4 is 9.47 Å². The van der Waals surface area contributed by atoms with Gasteiger partial charge in [-0.25, -0.2) is 0 Å². The van der Waals surface area contributed by atoms with Crippen LogP contribution in [0.15, 0.2) is 36.4 Å². The number of aromatic nitrogens is 3. The van der Waals surface area contributed by atoms with Gasteiger partial charge in [-0.3, -0.25) is 0 Å². The molecule has 0 saturated carbocycles. The summed E-state index contributed by atoms with van der Waals surface area (Å²) in [5, 5.41) is 17.8. The maximum absolute atomic E-state index is 13.6. The maximum Gasteiger partial charge on any atom is 0.417 e. The molecule has 3 aromatic rings. The van der Waals surface area contributed by atoms with E-state index in [-0.39, 0.29) is 34.3 Å². The number of nitriles is 1. The van der Waals surface area contributed by atoms with E-state index in [1.165, 1.54) is 29.9 Å². The lowest BCUT2D eigenvalue weighted by molar-refractivity contribution is -0.137. The van der Waals surface area contributed by atoms with Crippen LogP contribution in [-0.2, 0) is 18.8 Å². The van der Waals surface area contributed by atoms with E-state index < -0.39 is 17.3 Å². The quantitative estimate of drug-likeness (QED) is 0.524. The molecular formula is C21H18ClF3N4O2. The number of alkyl halides is 3. The largest absolute Gasteiger partial charge is 0.497 e. The monoisotopic (exact) mass is 450 g/mol. The van der Waals surface area contributed by atoms with Gasteiger partial charge in [-0.1, -0.05) is 11.6 Å². The minimum absolute atomic E-state index is 0.0123. The average molecular weight is 451 g/mol. The number of nitrogens with zero attached hydrogens (tertiary/aromatic N) is 4. The van der Waals surface area contributed by atoms with Crippen LogP contribution >= 0.6 is 11.6 Å². The highest BCUT2D eigenvalue weighted by molar-refractivity contribution is 6.30. The van der Waals surface area contributed by atoms with Gasteiger partial charge in [0, 0.05) is 17.6 Å². The summed E-state index contributed by atoms with van der Waals surface area (Å²) < 4.78 is 53.3. The van der Waals surface area contributed by atoms with Crippen LogP contribution in [0.2, 0.25) is 5.02 Å². The summed E-state index contributed by atoms with van der Waals surface area (Å²) in [6, 6.07) is 10.2. The molecule has 0 spiro atoms. The molecule has 0 aliphatic heterocycles. The van der Waals surface area contributed by atoms with E-state index in [1.54, 1.807) is 33.0 Å². The zero-order chi connectivity index (χ0) is 23.0. The van der Waals surface area contributed by atoms with Crippen LogP contribution in [-0.4, -0.2) is 21.9 Å². The predicted molar refractivity (Wildman–Crippen MR) is 108 cm³/mol. The number of rotatable bonds is 5. The van der Waals surface area contributed by atoms with Crippen molar-refractivity contribution in [2.45, 2.75) is 25.6 Å². The fourth-order valence-corrected chi connectivity index (χ4v) is 3.34. The molecule has 1 heterocycles. The van der Waals surface area contributed by atoms with Crippen molar-refractivity contribution in [3.05, 3.63) is 58.4 Å². The zero-order valence-electron chi connectivity index (χ0n) is 17.1. The Labute approximate surface area is 181 Å². The molecule has 162 valence electrons. The minimum atomic E-state index is -4.62. The van der Waals surface area contributed by atoms with E-state index in [0.29, 0.717) is 5.02 Å². The van der Waals surface area contributed by atoms with E-state index in [0.717, 1.165) is 6.07 Å². The first kappa shape index (κ1) is 22.4. The van der Waals surface area contributed by atoms with Gasteiger partial charge in [0.05, 0.1) is 18.2 Å². The van der Waals surface area contributed by atoms with Gasteiger partial charge >= 0.3 is 6.18 Å². The SMILES string of the molecule is COc1ccc(-c2nnc(C(C)(C)Oc3ccc(Cl)cc3C#N)n2C)c(C(F)(F)F)c1. The van der Waals surface area contributed by atoms with E-state index in [1.807, 2.05) is 6.07 Å². The van der Waals surface area contributed by atoms with Gasteiger partial charge in [0.15, 0.2) is 17.2 Å². The standard InChI is InChI=1S/C21H18ClF3N4O2/c1-20(2,31-17-8-5-13(22)9-12(17)11-26)19-28-27-18(29(19)3)15-7-6-14(30-4)10-16(15)21(23,24)25/h5-10H,1-4H3. The lowest BCUT2D eigenvalue weighted by Gasteiger charge is -2.26. The topological polar surface area (TPSA) is 73.0 Å². The number of benzene rings is 2. The minimum Gasteiger partial charge on any atom is -0.497 e. The van der Waals surface area contributed by atoms with Gasteiger partial charge in [0.2, 0.25) is 0 Å². The van der Waals surface area contributed by atoms with Gasteiger partial charge in [-0.05, 0) is 50.2 Å². The summed E-state index contributed by atoms with van der Waals surface area (Å²) in [5.74, 6) is 0.624. The third-order valence-electron chi connectivity index (χ3n) is 4.61. The Kier molecular flexibility index (Phi) is 5.87. The summed E-state index contributed by atoms with van der Waals surface area (Å²) in [5.41, 5.74) is -1.94. The zero-order valence-corrected chi connectivity index (χ0v) is 17.8. The molecular weight excluding hydrogens is 433 g/mol. The van der Waals surface area contributed by atoms with Crippen LogP contribution in [0.3, 0.4) is 0 Å². The van der Waals surface area contributed by atoms with Crippen LogP contribution in [0.5, 0.6) is 11.5 Å². The van der Waals surface area contributed by atoms with Gasteiger partial charge < -0.3 is 14.0 Å². The first-order valence-corrected chi connectivity index (χ1v) is 9.40. The summed E-state index contributed by atoms with van der Waals surface area (Å²) in [6.07, 6.45) is -4.62. The highest BCUT2D eigenvalue weighted by Gasteiger charge is 2.37. The van der Waals surface area contributed by atoms with Gasteiger partial charge in [-0.2, -0.15) is 18.4 Å². The summed E-state index contributed by atoms with van der Waals surface area (Å²) >= 11 is 5.92. The normalized spacial score (nSPS) is 11.8. The first-order chi connectivity index (χ1) is 14.5. The lowest BCUT2D eigenvalue weighted by atomic mass is 10.0. The van der Waals surface area contributed by atoms with E-state index in [9.17, 15) is 18.4 Å². The fourth-order valence-electron chi connectivity index (χ4n) is 3.17. The first-order valence-electron chi connectivity index (χ1n) is 9.02. The number of methoxy groups -OCH3 is 1. The number of hydrogen-bond donors (Lipinski definition) is 0. The second kappa shape index (κ2) is 8.12. The van der Waals surface area contributed by atoms with E-state index >= 15 is 0 Å². The molecule has 0 radical (unpaired) electrons. The molecule has 0 aliphatic rings. The number of ether oxygens (including phenoxy) is 2. The van der Waals surface area contributed by atoms with Gasteiger partial charge in [-0.15, -0.1) is 10.2 Å². The summed E-state index contributed by atoms with van der Waals surface area (Å²) in [7, 11) is 2.84. The molecule has 0 saturated heterocycles. The van der Waals surface area contributed by atoms with Crippen molar-refractivity contribution >= 4 is 11.6 Å². The highest BCUT2D eigenvalue weighted by Crippen LogP contribution is 2.39. The molecule has 0 aliphatic carbocycles. The molecule has 1 aromatic heterocycles. The predicted octanol–water partition coefficient (Wildman–Crippen LogP) is 5.35. The van der Waals surface area contributed by atoms with Crippen molar-refractivity contribution < 1.29 is 22.6 Å². The molecule has 0 amide bonds. The number of halogens is 4. The van der Waals surface area contributed by atoms with Crippen molar-refractivity contribution in [2.24, 2.45) is 7.05 Å². The molecule has 2 aromatic carbocycles. The Morgan fingerprint density at radius 2 is 1.81 bits per heavy atom. The molecule has 3 rings (SSSR count). The average Bonchev–Trinajstić information content (AvgIpc) is 3.10. The van der Waals surface area contributed by atoms with Gasteiger partial charge in [0.1, 0.15) is 17.6 Å².